The summed E-state index contributed by atoms with van der Waals surface area (Å²) >= 11 is 0. The van der Waals surface area contributed by atoms with Gasteiger partial charge < -0.3 is 5.11 Å². The molecule has 0 aliphatic heterocycles. The zero-order chi connectivity index (χ0) is 9.19. The molecule has 0 radical (unpaired) electrons. The Morgan fingerprint density at radius 2 is 2.17 bits per heavy atom. The standard InChI is InChI=1S/C8H9F2NO/c1-8(9,10)6-2-3-7(5-12)11-4-6/h2-4,12H,5H2,1H3. The van der Waals surface area contributed by atoms with Crippen LogP contribution < -0.4 is 0 Å². The molecule has 0 aromatic carbocycles. The first-order valence-corrected chi connectivity index (χ1v) is 3.48. The molecular weight excluding hydrogens is 164 g/mol. The fourth-order valence-electron chi connectivity index (χ4n) is 0.778. The average molecular weight is 173 g/mol. The number of nitrogens with zero attached hydrogens (tertiary/aromatic N) is 1. The number of halogens is 2. The van der Waals surface area contributed by atoms with Crippen molar-refractivity contribution in [3.63, 3.8) is 0 Å². The van der Waals surface area contributed by atoms with Crippen molar-refractivity contribution in [2.75, 3.05) is 0 Å². The van der Waals surface area contributed by atoms with Crippen LogP contribution in [0.25, 0.3) is 0 Å². The van der Waals surface area contributed by atoms with Gasteiger partial charge in [0, 0.05) is 18.7 Å². The van der Waals surface area contributed by atoms with E-state index in [9.17, 15) is 8.78 Å². The van der Waals surface area contributed by atoms with E-state index in [0.29, 0.717) is 5.69 Å². The van der Waals surface area contributed by atoms with Gasteiger partial charge in [-0.1, -0.05) is 0 Å². The number of alkyl halides is 2. The normalized spacial score (nSPS) is 11.7. The second-order valence-corrected chi connectivity index (χ2v) is 2.58. The highest BCUT2D eigenvalue weighted by atomic mass is 19.3. The van der Waals surface area contributed by atoms with Gasteiger partial charge in [-0.05, 0) is 12.1 Å². The van der Waals surface area contributed by atoms with Crippen LogP contribution in [0.15, 0.2) is 18.3 Å². The molecule has 0 amide bonds. The van der Waals surface area contributed by atoms with E-state index in [-0.39, 0.29) is 12.2 Å². The van der Waals surface area contributed by atoms with Crippen LogP contribution in [0.5, 0.6) is 0 Å². The zero-order valence-electron chi connectivity index (χ0n) is 6.59. The Morgan fingerprint density at radius 1 is 1.50 bits per heavy atom. The summed E-state index contributed by atoms with van der Waals surface area (Å²) in [5.41, 5.74) is 0.253. The minimum Gasteiger partial charge on any atom is -0.390 e. The van der Waals surface area contributed by atoms with Crippen LogP contribution in [0, 0.1) is 0 Å². The molecule has 0 aliphatic carbocycles. The van der Waals surface area contributed by atoms with E-state index >= 15 is 0 Å². The Hall–Kier alpha value is -1.03. The van der Waals surface area contributed by atoms with Gasteiger partial charge in [-0.2, -0.15) is 0 Å². The first-order chi connectivity index (χ1) is 5.54. The molecule has 1 rings (SSSR count). The second kappa shape index (κ2) is 3.15. The molecule has 0 spiro atoms. The molecule has 0 saturated heterocycles. The van der Waals surface area contributed by atoms with Crippen LogP contribution in [0.2, 0.25) is 0 Å². The summed E-state index contributed by atoms with van der Waals surface area (Å²) in [6, 6.07) is 2.64. The summed E-state index contributed by atoms with van der Waals surface area (Å²) in [7, 11) is 0. The maximum Gasteiger partial charge on any atom is 0.272 e. The number of hydrogen-bond donors (Lipinski definition) is 1. The lowest BCUT2D eigenvalue weighted by atomic mass is 10.1. The van der Waals surface area contributed by atoms with Crippen molar-refractivity contribution >= 4 is 0 Å². The quantitative estimate of drug-likeness (QED) is 0.738. The van der Waals surface area contributed by atoms with Crippen molar-refractivity contribution in [2.45, 2.75) is 19.5 Å². The third kappa shape index (κ3) is 1.98. The van der Waals surface area contributed by atoms with Gasteiger partial charge in [0.15, 0.2) is 0 Å². The van der Waals surface area contributed by atoms with Crippen LogP contribution >= 0.6 is 0 Å². The van der Waals surface area contributed by atoms with Crippen molar-refractivity contribution in [3.8, 4) is 0 Å². The van der Waals surface area contributed by atoms with E-state index < -0.39 is 5.92 Å². The number of aromatic nitrogens is 1. The number of aliphatic hydroxyl groups excluding tert-OH is 1. The van der Waals surface area contributed by atoms with Gasteiger partial charge >= 0.3 is 0 Å². The summed E-state index contributed by atoms with van der Waals surface area (Å²) in [6.07, 6.45) is 1.07. The van der Waals surface area contributed by atoms with Gasteiger partial charge in [0.05, 0.1) is 12.3 Å². The van der Waals surface area contributed by atoms with E-state index in [1.165, 1.54) is 12.1 Å². The van der Waals surface area contributed by atoms with Crippen molar-refractivity contribution < 1.29 is 13.9 Å². The van der Waals surface area contributed by atoms with Crippen LogP contribution in [0.3, 0.4) is 0 Å². The highest BCUT2D eigenvalue weighted by Gasteiger charge is 2.24. The first-order valence-electron chi connectivity index (χ1n) is 3.48. The third-order valence-electron chi connectivity index (χ3n) is 1.49. The monoisotopic (exact) mass is 173 g/mol. The molecule has 0 bridgehead atoms. The molecule has 0 fully saturated rings. The first kappa shape index (κ1) is 9.06. The van der Waals surface area contributed by atoms with E-state index in [2.05, 4.69) is 4.98 Å². The predicted octanol–water partition coefficient (Wildman–Crippen LogP) is 1.69. The van der Waals surface area contributed by atoms with Crippen molar-refractivity contribution in [1.82, 2.24) is 4.98 Å². The Labute approximate surface area is 68.9 Å². The van der Waals surface area contributed by atoms with E-state index in [1.54, 1.807) is 0 Å². The number of aliphatic hydroxyl groups is 1. The van der Waals surface area contributed by atoms with Gasteiger partial charge in [0.2, 0.25) is 0 Å². The molecule has 1 aromatic rings. The minimum atomic E-state index is -2.86. The second-order valence-electron chi connectivity index (χ2n) is 2.58. The molecule has 1 N–H and O–H groups in total. The molecule has 1 aromatic heterocycles. The topological polar surface area (TPSA) is 33.1 Å². The highest BCUT2D eigenvalue weighted by Crippen LogP contribution is 2.25. The lowest BCUT2D eigenvalue weighted by Crippen LogP contribution is -2.07. The molecule has 0 aliphatic rings. The molecule has 66 valence electrons. The summed E-state index contributed by atoms with van der Waals surface area (Å²) < 4.78 is 25.2. The fourth-order valence-corrected chi connectivity index (χ4v) is 0.778. The average Bonchev–Trinajstić information content (AvgIpc) is 2.03. The maximum absolute atomic E-state index is 12.6. The summed E-state index contributed by atoms with van der Waals surface area (Å²) in [5, 5.41) is 8.58. The molecule has 4 heteroatoms. The van der Waals surface area contributed by atoms with Crippen LogP contribution in [-0.4, -0.2) is 10.1 Å². The molecule has 12 heavy (non-hydrogen) atoms. The van der Waals surface area contributed by atoms with E-state index in [0.717, 1.165) is 13.1 Å². The summed E-state index contributed by atoms with van der Waals surface area (Å²) in [5.74, 6) is -2.86. The number of hydrogen-bond acceptors (Lipinski definition) is 2. The largest absolute Gasteiger partial charge is 0.390 e. The highest BCUT2D eigenvalue weighted by molar-refractivity contribution is 5.17. The number of pyridine rings is 1. The summed E-state index contributed by atoms with van der Waals surface area (Å²) in [6.45, 7) is 0.582. The summed E-state index contributed by atoms with van der Waals surface area (Å²) in [4.78, 5) is 3.63. The Bertz CT molecular complexity index is 253. The molecule has 2 nitrogen and oxygen atoms in total. The lowest BCUT2D eigenvalue weighted by Gasteiger charge is -2.09. The van der Waals surface area contributed by atoms with Gasteiger partial charge in [-0.25, -0.2) is 8.78 Å². The molecule has 0 unspecified atom stereocenters. The molecule has 0 saturated carbocycles. The van der Waals surface area contributed by atoms with Crippen molar-refractivity contribution in [1.29, 1.82) is 0 Å². The molecular formula is C8H9F2NO. The van der Waals surface area contributed by atoms with Gasteiger partial charge in [-0.3, -0.25) is 4.98 Å². The van der Waals surface area contributed by atoms with Gasteiger partial charge in [-0.15, -0.1) is 0 Å². The van der Waals surface area contributed by atoms with Crippen molar-refractivity contribution in [2.24, 2.45) is 0 Å². The Kier molecular flexibility index (Phi) is 2.38. The van der Waals surface area contributed by atoms with Crippen molar-refractivity contribution in [3.05, 3.63) is 29.6 Å². The zero-order valence-corrected chi connectivity index (χ0v) is 6.59. The van der Waals surface area contributed by atoms with Crippen LogP contribution in [0.1, 0.15) is 18.2 Å². The van der Waals surface area contributed by atoms with Gasteiger partial charge in [0.1, 0.15) is 0 Å². The van der Waals surface area contributed by atoms with Crippen LogP contribution in [0.4, 0.5) is 8.78 Å². The molecule has 1 heterocycles. The molecule has 0 atom stereocenters. The third-order valence-corrected chi connectivity index (χ3v) is 1.49. The Morgan fingerprint density at radius 3 is 2.50 bits per heavy atom. The predicted molar refractivity (Wildman–Crippen MR) is 39.7 cm³/mol. The smallest absolute Gasteiger partial charge is 0.272 e. The fraction of sp³-hybridized carbons (Fsp3) is 0.375. The van der Waals surface area contributed by atoms with E-state index in [1.807, 2.05) is 0 Å². The van der Waals surface area contributed by atoms with Crippen LogP contribution in [-0.2, 0) is 12.5 Å². The minimum absolute atomic E-state index is 0.139. The Balaban J connectivity index is 2.93. The van der Waals surface area contributed by atoms with E-state index in [4.69, 9.17) is 5.11 Å². The SMILES string of the molecule is CC(F)(F)c1ccc(CO)nc1. The number of rotatable bonds is 2. The lowest BCUT2D eigenvalue weighted by molar-refractivity contribution is 0.0170. The van der Waals surface area contributed by atoms with Gasteiger partial charge in [0.25, 0.3) is 5.92 Å². The maximum atomic E-state index is 12.6.